The predicted molar refractivity (Wildman–Crippen MR) is 129 cm³/mol. The summed E-state index contributed by atoms with van der Waals surface area (Å²) in [6, 6.07) is 11.3. The number of halogens is 2. The van der Waals surface area contributed by atoms with Gasteiger partial charge in [0.05, 0.1) is 16.5 Å². The summed E-state index contributed by atoms with van der Waals surface area (Å²) in [4.78, 5) is 12.4. The molecule has 1 amide bonds. The molecule has 0 unspecified atom stereocenters. The molecule has 9 heteroatoms. The van der Waals surface area contributed by atoms with Gasteiger partial charge in [0.2, 0.25) is 5.91 Å². The summed E-state index contributed by atoms with van der Waals surface area (Å²) in [5.74, 6) is 1.45. The van der Waals surface area contributed by atoms with Crippen LogP contribution >= 0.6 is 39.3 Å². The minimum absolute atomic E-state index is 0.166. The van der Waals surface area contributed by atoms with Crippen LogP contribution in [0.25, 0.3) is 0 Å². The first kappa shape index (κ1) is 23.4. The Hall–Kier alpha value is -2.29. The molecule has 6 nitrogen and oxygen atoms in total. The fourth-order valence-corrected chi connectivity index (χ4v) is 4.34. The largest absolute Gasteiger partial charge is 0.485 e. The van der Waals surface area contributed by atoms with E-state index in [4.69, 9.17) is 16.3 Å². The highest BCUT2D eigenvalue weighted by atomic mass is 79.9. The number of carbonyl (C=O) groups excluding carboxylic acids is 1. The van der Waals surface area contributed by atoms with Gasteiger partial charge < -0.3 is 10.1 Å². The van der Waals surface area contributed by atoms with Crippen molar-refractivity contribution < 1.29 is 9.53 Å². The van der Waals surface area contributed by atoms with Gasteiger partial charge in [-0.3, -0.25) is 9.36 Å². The summed E-state index contributed by atoms with van der Waals surface area (Å²) < 4.78 is 8.68. The van der Waals surface area contributed by atoms with Crippen LogP contribution in [0.1, 0.15) is 17.0 Å². The quantitative estimate of drug-likeness (QED) is 0.284. The van der Waals surface area contributed by atoms with Crippen molar-refractivity contribution in [3.05, 3.63) is 75.5 Å². The maximum Gasteiger partial charge on any atom is 0.234 e. The molecule has 0 atom stereocenters. The Bertz CT molecular complexity index is 1100. The molecular formula is C22H22BrClN4O2S. The topological polar surface area (TPSA) is 69.0 Å². The molecule has 0 aliphatic carbocycles. The average Bonchev–Trinajstić information content (AvgIpc) is 3.10. The van der Waals surface area contributed by atoms with Crippen LogP contribution in [0, 0.1) is 13.8 Å². The third kappa shape index (κ3) is 6.35. The van der Waals surface area contributed by atoms with Crippen molar-refractivity contribution in [3.63, 3.8) is 0 Å². The fraction of sp³-hybridized carbons (Fsp3) is 0.227. The third-order valence-corrected chi connectivity index (χ3v) is 6.10. The molecule has 0 saturated heterocycles. The summed E-state index contributed by atoms with van der Waals surface area (Å²) >= 11 is 10.8. The normalized spacial score (nSPS) is 10.7. The number of amides is 1. The van der Waals surface area contributed by atoms with Crippen molar-refractivity contribution in [3.8, 4) is 5.75 Å². The average molecular weight is 522 g/mol. The Kier molecular flexibility index (Phi) is 8.17. The first-order chi connectivity index (χ1) is 14.9. The number of nitrogens with zero attached hydrogens (tertiary/aromatic N) is 3. The monoisotopic (exact) mass is 520 g/mol. The van der Waals surface area contributed by atoms with E-state index in [0.717, 1.165) is 15.8 Å². The van der Waals surface area contributed by atoms with Gasteiger partial charge in [-0.1, -0.05) is 63.1 Å². The number of carbonyl (C=O) groups is 1. The van der Waals surface area contributed by atoms with Crippen LogP contribution in [-0.2, 0) is 17.9 Å². The highest BCUT2D eigenvalue weighted by Crippen LogP contribution is 2.26. The third-order valence-electron chi connectivity index (χ3n) is 4.33. The van der Waals surface area contributed by atoms with Gasteiger partial charge >= 0.3 is 0 Å². The summed E-state index contributed by atoms with van der Waals surface area (Å²) in [6.07, 6.45) is 1.76. The first-order valence-corrected chi connectivity index (χ1v) is 11.6. The van der Waals surface area contributed by atoms with Crippen molar-refractivity contribution in [2.45, 2.75) is 32.2 Å². The number of hydrogen-bond acceptors (Lipinski definition) is 5. The lowest BCUT2D eigenvalue weighted by Crippen LogP contribution is -2.15. The Morgan fingerprint density at radius 3 is 2.81 bits per heavy atom. The molecule has 0 radical (unpaired) electrons. The summed E-state index contributed by atoms with van der Waals surface area (Å²) in [5.41, 5.74) is 2.80. The fourth-order valence-electron chi connectivity index (χ4n) is 2.86. The van der Waals surface area contributed by atoms with Crippen molar-refractivity contribution in [1.29, 1.82) is 0 Å². The van der Waals surface area contributed by atoms with E-state index in [1.54, 1.807) is 18.2 Å². The molecule has 1 heterocycles. The second kappa shape index (κ2) is 10.8. The maximum absolute atomic E-state index is 12.4. The molecule has 1 aromatic heterocycles. The van der Waals surface area contributed by atoms with Crippen molar-refractivity contribution >= 4 is 50.9 Å². The van der Waals surface area contributed by atoms with Crippen LogP contribution in [-0.4, -0.2) is 26.4 Å². The molecule has 0 aliphatic heterocycles. The SMILES string of the molecule is C=CCn1c(COc2ccc(C)cc2C)nnc1SCC(=O)Nc1ccc(Br)cc1Cl. The van der Waals surface area contributed by atoms with Gasteiger partial charge in [0.1, 0.15) is 12.4 Å². The molecule has 2 aromatic carbocycles. The van der Waals surface area contributed by atoms with E-state index in [1.165, 1.54) is 17.3 Å². The van der Waals surface area contributed by atoms with Gasteiger partial charge in [-0.05, 0) is 43.7 Å². The van der Waals surface area contributed by atoms with Crippen LogP contribution in [0.2, 0.25) is 5.02 Å². The second-order valence-corrected chi connectivity index (χ2v) is 9.08. The summed E-state index contributed by atoms with van der Waals surface area (Å²) in [7, 11) is 0. The predicted octanol–water partition coefficient (Wildman–Crippen LogP) is 5.81. The molecule has 0 spiro atoms. The van der Waals surface area contributed by atoms with Crippen LogP contribution in [0.5, 0.6) is 5.75 Å². The van der Waals surface area contributed by atoms with Crippen LogP contribution in [0.4, 0.5) is 5.69 Å². The minimum Gasteiger partial charge on any atom is -0.485 e. The molecule has 0 saturated carbocycles. The maximum atomic E-state index is 12.4. The lowest BCUT2D eigenvalue weighted by molar-refractivity contribution is -0.113. The number of allylic oxidation sites excluding steroid dienone is 1. The molecule has 3 aromatic rings. The van der Waals surface area contributed by atoms with E-state index in [2.05, 4.69) is 44.1 Å². The Labute approximate surface area is 199 Å². The van der Waals surface area contributed by atoms with E-state index in [0.29, 0.717) is 28.2 Å². The number of thioether (sulfide) groups is 1. The number of benzene rings is 2. The van der Waals surface area contributed by atoms with Gasteiger partial charge in [-0.15, -0.1) is 16.8 Å². The summed E-state index contributed by atoms with van der Waals surface area (Å²) in [5, 5.41) is 12.4. The highest BCUT2D eigenvalue weighted by Gasteiger charge is 2.15. The van der Waals surface area contributed by atoms with Gasteiger partial charge in [0.25, 0.3) is 0 Å². The van der Waals surface area contributed by atoms with E-state index in [9.17, 15) is 4.79 Å². The molecule has 0 fully saturated rings. The number of hydrogen-bond donors (Lipinski definition) is 1. The number of ether oxygens (including phenoxy) is 1. The van der Waals surface area contributed by atoms with Crippen molar-refractivity contribution in [2.24, 2.45) is 0 Å². The number of aromatic nitrogens is 3. The zero-order valence-corrected chi connectivity index (χ0v) is 20.4. The zero-order chi connectivity index (χ0) is 22.4. The number of anilines is 1. The van der Waals surface area contributed by atoms with Gasteiger partial charge in [-0.2, -0.15) is 0 Å². The van der Waals surface area contributed by atoms with Crippen LogP contribution in [0.3, 0.4) is 0 Å². The van der Waals surface area contributed by atoms with Crippen LogP contribution in [0.15, 0.2) is 58.7 Å². The van der Waals surface area contributed by atoms with Crippen LogP contribution < -0.4 is 10.1 Å². The van der Waals surface area contributed by atoms with Gasteiger partial charge in [-0.25, -0.2) is 0 Å². The number of nitrogens with one attached hydrogen (secondary N) is 1. The zero-order valence-electron chi connectivity index (χ0n) is 17.2. The smallest absolute Gasteiger partial charge is 0.234 e. The molecule has 3 rings (SSSR count). The number of rotatable bonds is 9. The Morgan fingerprint density at radius 2 is 2.10 bits per heavy atom. The standard InChI is InChI=1S/C22H22BrClN4O2S/c1-4-9-28-20(12-30-19-8-5-14(2)10-15(19)3)26-27-22(28)31-13-21(29)25-18-7-6-16(23)11-17(18)24/h4-8,10-11H,1,9,12-13H2,2-3H3,(H,25,29). The molecule has 0 bridgehead atoms. The number of aryl methyl sites for hydroxylation is 2. The van der Waals surface area contributed by atoms with E-state index in [1.807, 2.05) is 36.6 Å². The lowest BCUT2D eigenvalue weighted by atomic mass is 10.1. The molecule has 0 aliphatic rings. The molecular weight excluding hydrogens is 500 g/mol. The molecule has 31 heavy (non-hydrogen) atoms. The van der Waals surface area contributed by atoms with E-state index < -0.39 is 0 Å². The van der Waals surface area contributed by atoms with E-state index >= 15 is 0 Å². The first-order valence-electron chi connectivity index (χ1n) is 9.48. The second-order valence-electron chi connectivity index (χ2n) is 6.82. The van der Waals surface area contributed by atoms with Crippen molar-refractivity contribution in [1.82, 2.24) is 14.8 Å². The van der Waals surface area contributed by atoms with E-state index in [-0.39, 0.29) is 18.3 Å². The van der Waals surface area contributed by atoms with Gasteiger partial charge in [0.15, 0.2) is 11.0 Å². The highest BCUT2D eigenvalue weighted by molar-refractivity contribution is 9.10. The van der Waals surface area contributed by atoms with Crippen molar-refractivity contribution in [2.75, 3.05) is 11.1 Å². The van der Waals surface area contributed by atoms with Gasteiger partial charge in [0, 0.05) is 11.0 Å². The molecule has 1 N–H and O–H groups in total. The Balaban J connectivity index is 1.64. The lowest BCUT2D eigenvalue weighted by Gasteiger charge is -2.11. The Morgan fingerprint density at radius 1 is 1.29 bits per heavy atom. The molecule has 162 valence electrons. The summed E-state index contributed by atoms with van der Waals surface area (Å²) in [6.45, 7) is 8.64. The minimum atomic E-state index is -0.185.